The lowest BCUT2D eigenvalue weighted by molar-refractivity contribution is -0.129. The van der Waals surface area contributed by atoms with Crippen molar-refractivity contribution in [2.75, 3.05) is 0 Å². The fourth-order valence-corrected chi connectivity index (χ4v) is 4.01. The van der Waals surface area contributed by atoms with Gasteiger partial charge in [0.2, 0.25) is 5.91 Å². The van der Waals surface area contributed by atoms with Gasteiger partial charge in [-0.1, -0.05) is 111 Å². The van der Waals surface area contributed by atoms with Crippen molar-refractivity contribution in [3.05, 3.63) is 0 Å². The van der Waals surface area contributed by atoms with Gasteiger partial charge in [0.25, 0.3) is 0 Å². The van der Waals surface area contributed by atoms with Gasteiger partial charge in [-0.3, -0.25) is 4.79 Å². The van der Waals surface area contributed by atoms with Crippen LogP contribution in [0.4, 0.5) is 0 Å². The summed E-state index contributed by atoms with van der Waals surface area (Å²) in [6.07, 6.45) is 21.4. The molecule has 2 N–H and O–H groups in total. The molecule has 0 saturated heterocycles. The SMILES string of the molecule is CCCCCCCCCCCCCCC(CCC)(CCC)C(N)=O. The van der Waals surface area contributed by atoms with E-state index in [9.17, 15) is 4.79 Å². The minimum atomic E-state index is -0.220. The van der Waals surface area contributed by atoms with E-state index in [4.69, 9.17) is 5.73 Å². The van der Waals surface area contributed by atoms with Crippen LogP contribution < -0.4 is 5.73 Å². The molecule has 0 atom stereocenters. The summed E-state index contributed by atoms with van der Waals surface area (Å²) in [5.41, 5.74) is 5.52. The van der Waals surface area contributed by atoms with Crippen LogP contribution in [0.1, 0.15) is 130 Å². The first kappa shape index (κ1) is 23.5. The molecule has 0 unspecified atom stereocenters. The average Bonchev–Trinajstić information content (AvgIpc) is 2.56. The number of rotatable bonds is 18. The number of amides is 1. The molecule has 0 rings (SSSR count). The summed E-state index contributed by atoms with van der Waals surface area (Å²) < 4.78 is 0. The summed E-state index contributed by atoms with van der Waals surface area (Å²) in [6.45, 7) is 6.60. The highest BCUT2D eigenvalue weighted by Gasteiger charge is 2.33. The van der Waals surface area contributed by atoms with E-state index in [-0.39, 0.29) is 11.3 Å². The second-order valence-electron chi connectivity index (χ2n) is 7.78. The molecule has 0 aromatic carbocycles. The van der Waals surface area contributed by atoms with Crippen LogP contribution in [-0.4, -0.2) is 5.91 Å². The number of hydrogen-bond acceptors (Lipinski definition) is 1. The van der Waals surface area contributed by atoms with Crippen molar-refractivity contribution in [3.63, 3.8) is 0 Å². The van der Waals surface area contributed by atoms with E-state index in [2.05, 4.69) is 20.8 Å². The van der Waals surface area contributed by atoms with Gasteiger partial charge < -0.3 is 5.73 Å². The molecule has 1 amide bonds. The Morgan fingerprint density at radius 3 is 1.29 bits per heavy atom. The van der Waals surface area contributed by atoms with Gasteiger partial charge in [0.1, 0.15) is 0 Å². The first-order chi connectivity index (χ1) is 11.6. The maximum absolute atomic E-state index is 12.0. The van der Waals surface area contributed by atoms with Crippen LogP contribution >= 0.6 is 0 Å². The quantitative estimate of drug-likeness (QED) is 0.265. The van der Waals surface area contributed by atoms with E-state index in [0.717, 1.165) is 32.1 Å². The van der Waals surface area contributed by atoms with Crippen LogP contribution in [0.3, 0.4) is 0 Å². The summed E-state index contributed by atoms with van der Waals surface area (Å²) in [5.74, 6) is -0.0609. The third-order valence-electron chi connectivity index (χ3n) is 5.49. The second kappa shape index (κ2) is 16.0. The molecular formula is C22H45NO. The van der Waals surface area contributed by atoms with Crippen molar-refractivity contribution in [1.82, 2.24) is 0 Å². The Labute approximate surface area is 152 Å². The third kappa shape index (κ3) is 11.1. The molecule has 0 spiro atoms. The molecule has 0 aromatic rings. The predicted octanol–water partition coefficient (Wildman–Crippen LogP) is 7.15. The molecule has 2 nitrogen and oxygen atoms in total. The monoisotopic (exact) mass is 339 g/mol. The Morgan fingerprint density at radius 1 is 0.583 bits per heavy atom. The van der Waals surface area contributed by atoms with Crippen molar-refractivity contribution >= 4 is 5.91 Å². The normalized spacial score (nSPS) is 11.8. The molecule has 0 saturated carbocycles. The summed E-state index contributed by atoms with van der Waals surface area (Å²) in [5, 5.41) is 0. The number of carbonyl (C=O) groups excluding carboxylic acids is 1. The van der Waals surface area contributed by atoms with E-state index in [1.54, 1.807) is 0 Å². The van der Waals surface area contributed by atoms with Gasteiger partial charge in [-0.2, -0.15) is 0 Å². The standard InChI is InChI=1S/C22H45NO/c1-4-7-8-9-10-11-12-13-14-15-16-17-20-22(18-5-2,19-6-3)21(23)24/h4-20H2,1-3H3,(H2,23,24). The minimum absolute atomic E-state index is 0.0609. The molecule has 0 aromatic heterocycles. The van der Waals surface area contributed by atoms with Crippen molar-refractivity contribution < 1.29 is 4.79 Å². The van der Waals surface area contributed by atoms with Crippen molar-refractivity contribution in [1.29, 1.82) is 0 Å². The van der Waals surface area contributed by atoms with E-state index in [1.165, 1.54) is 77.0 Å². The van der Waals surface area contributed by atoms with E-state index < -0.39 is 0 Å². The number of primary amides is 1. The zero-order chi connectivity index (χ0) is 18.1. The van der Waals surface area contributed by atoms with Crippen LogP contribution in [-0.2, 0) is 4.79 Å². The highest BCUT2D eigenvalue weighted by atomic mass is 16.1. The molecule has 24 heavy (non-hydrogen) atoms. The summed E-state index contributed by atoms with van der Waals surface area (Å²) in [6, 6.07) is 0. The molecule has 0 fully saturated rings. The Balaban J connectivity index is 3.66. The average molecular weight is 340 g/mol. The molecule has 0 bridgehead atoms. The molecule has 2 heteroatoms. The largest absolute Gasteiger partial charge is 0.369 e. The van der Waals surface area contributed by atoms with Gasteiger partial charge >= 0.3 is 0 Å². The lowest BCUT2D eigenvalue weighted by Gasteiger charge is -2.30. The lowest BCUT2D eigenvalue weighted by atomic mass is 9.74. The van der Waals surface area contributed by atoms with Crippen LogP contribution in [0, 0.1) is 5.41 Å². The Bertz CT molecular complexity index is 282. The highest BCUT2D eigenvalue weighted by Crippen LogP contribution is 2.35. The number of carbonyl (C=O) groups is 1. The summed E-state index contributed by atoms with van der Waals surface area (Å²) >= 11 is 0. The fourth-order valence-electron chi connectivity index (χ4n) is 4.01. The zero-order valence-electron chi connectivity index (χ0n) is 17.0. The maximum Gasteiger partial charge on any atom is 0.223 e. The molecule has 0 aliphatic carbocycles. The molecule has 0 radical (unpaired) electrons. The van der Waals surface area contributed by atoms with Gasteiger partial charge in [-0.15, -0.1) is 0 Å². The van der Waals surface area contributed by atoms with Gasteiger partial charge in [0.15, 0.2) is 0 Å². The fraction of sp³-hybridized carbons (Fsp3) is 0.955. The highest BCUT2D eigenvalue weighted by molar-refractivity contribution is 5.80. The smallest absolute Gasteiger partial charge is 0.223 e. The second-order valence-corrected chi connectivity index (χ2v) is 7.78. The molecular weight excluding hydrogens is 294 g/mol. The molecule has 0 heterocycles. The van der Waals surface area contributed by atoms with Gasteiger partial charge in [-0.05, 0) is 19.3 Å². The first-order valence-corrected chi connectivity index (χ1v) is 10.9. The predicted molar refractivity (Wildman–Crippen MR) is 107 cm³/mol. The number of hydrogen-bond donors (Lipinski definition) is 1. The van der Waals surface area contributed by atoms with Crippen LogP contribution in [0.2, 0.25) is 0 Å². The Morgan fingerprint density at radius 2 is 0.958 bits per heavy atom. The van der Waals surface area contributed by atoms with Crippen LogP contribution in [0.5, 0.6) is 0 Å². The molecule has 144 valence electrons. The maximum atomic E-state index is 12.0. The number of nitrogens with two attached hydrogens (primary N) is 1. The van der Waals surface area contributed by atoms with Crippen molar-refractivity contribution in [2.45, 2.75) is 130 Å². The summed E-state index contributed by atoms with van der Waals surface area (Å²) in [4.78, 5) is 12.0. The Hall–Kier alpha value is -0.530. The summed E-state index contributed by atoms with van der Waals surface area (Å²) in [7, 11) is 0. The first-order valence-electron chi connectivity index (χ1n) is 10.9. The minimum Gasteiger partial charge on any atom is -0.369 e. The van der Waals surface area contributed by atoms with Crippen LogP contribution in [0.15, 0.2) is 0 Å². The lowest BCUT2D eigenvalue weighted by Crippen LogP contribution is -2.37. The zero-order valence-corrected chi connectivity index (χ0v) is 17.0. The van der Waals surface area contributed by atoms with Gasteiger partial charge in [0, 0.05) is 5.41 Å². The van der Waals surface area contributed by atoms with Crippen LogP contribution in [0.25, 0.3) is 0 Å². The van der Waals surface area contributed by atoms with Gasteiger partial charge in [0.05, 0.1) is 0 Å². The van der Waals surface area contributed by atoms with E-state index >= 15 is 0 Å². The van der Waals surface area contributed by atoms with E-state index in [1.807, 2.05) is 0 Å². The molecule has 0 aliphatic heterocycles. The molecule has 0 aliphatic rings. The van der Waals surface area contributed by atoms with Crippen molar-refractivity contribution in [2.24, 2.45) is 11.1 Å². The topological polar surface area (TPSA) is 43.1 Å². The third-order valence-corrected chi connectivity index (χ3v) is 5.49. The van der Waals surface area contributed by atoms with E-state index in [0.29, 0.717) is 0 Å². The van der Waals surface area contributed by atoms with Gasteiger partial charge in [-0.25, -0.2) is 0 Å². The number of unbranched alkanes of at least 4 members (excludes halogenated alkanes) is 11. The van der Waals surface area contributed by atoms with Crippen molar-refractivity contribution in [3.8, 4) is 0 Å². The Kier molecular flexibility index (Phi) is 15.6.